The summed E-state index contributed by atoms with van der Waals surface area (Å²) >= 11 is 0. The molecule has 10 nitrogen and oxygen atoms in total. The highest BCUT2D eigenvalue weighted by Gasteiger charge is 2.35. The number of anilines is 2. The summed E-state index contributed by atoms with van der Waals surface area (Å²) in [5, 5.41) is 2.11. The summed E-state index contributed by atoms with van der Waals surface area (Å²) in [6, 6.07) is 13.3. The van der Waals surface area contributed by atoms with E-state index in [-0.39, 0.29) is 43.0 Å². The Morgan fingerprint density at radius 3 is 2.33 bits per heavy atom. The predicted octanol–water partition coefficient (Wildman–Crippen LogP) is 4.84. The van der Waals surface area contributed by atoms with Crippen molar-refractivity contribution in [3.8, 4) is 11.1 Å². The topological polar surface area (TPSA) is 131 Å². The number of hydrogen-bond acceptors (Lipinski definition) is 8. The zero-order chi connectivity index (χ0) is 29.1. The highest BCUT2D eigenvalue weighted by atomic mass is 32.2. The average Bonchev–Trinajstić information content (AvgIpc) is 2.87. The average molecular weight is 574 g/mol. The molecule has 0 saturated carbocycles. The molecule has 0 atom stereocenters. The summed E-state index contributed by atoms with van der Waals surface area (Å²) < 4.78 is 59.8. The third kappa shape index (κ3) is 7.29. The van der Waals surface area contributed by atoms with E-state index < -0.39 is 38.6 Å². The van der Waals surface area contributed by atoms with Gasteiger partial charge in [-0.05, 0) is 38.5 Å². The number of pyridine rings is 2. The molecule has 1 aromatic carbocycles. The maximum Gasteiger partial charge on any atom is 0.421 e. The molecule has 3 heterocycles. The highest BCUT2D eigenvalue weighted by molar-refractivity contribution is 7.90. The van der Waals surface area contributed by atoms with Gasteiger partial charge in [-0.25, -0.2) is 28.3 Å². The molecule has 0 bridgehead atoms. The lowest BCUT2D eigenvalue weighted by Crippen LogP contribution is -2.40. The Balaban J connectivity index is 1.62. The van der Waals surface area contributed by atoms with Crippen molar-refractivity contribution in [2.45, 2.75) is 50.2 Å². The second-order valence-corrected chi connectivity index (χ2v) is 11.9. The summed E-state index contributed by atoms with van der Waals surface area (Å²) in [5.41, 5.74) is 0.709. The van der Waals surface area contributed by atoms with Gasteiger partial charge in [0.25, 0.3) is 21.9 Å². The minimum Gasteiger partial charge on any atom is -0.443 e. The molecule has 4 rings (SSSR count). The van der Waals surface area contributed by atoms with Crippen molar-refractivity contribution in [3.05, 3.63) is 66.5 Å². The van der Waals surface area contributed by atoms with Gasteiger partial charge in [0.1, 0.15) is 11.4 Å². The molecule has 2 N–H and O–H groups in total. The monoisotopic (exact) mass is 573 g/mol. The molecule has 0 radical (unpaired) electrons. The number of benzene rings is 1. The number of carbonyl (C=O) groups excluding carboxylic acids is 2. The third-order valence-corrected chi connectivity index (χ3v) is 7.11. The van der Waals surface area contributed by atoms with Gasteiger partial charge in [-0.15, -0.1) is 0 Å². The van der Waals surface area contributed by atoms with Crippen molar-refractivity contribution in [3.63, 3.8) is 0 Å². The molecule has 2 aromatic heterocycles. The van der Waals surface area contributed by atoms with Crippen molar-refractivity contribution < 1.29 is 31.5 Å². The van der Waals surface area contributed by atoms with Crippen LogP contribution in [0.3, 0.4) is 0 Å². The van der Waals surface area contributed by atoms with Crippen molar-refractivity contribution in [1.82, 2.24) is 14.7 Å². The molecule has 212 valence electrons. The summed E-state index contributed by atoms with van der Waals surface area (Å²) in [6.45, 7) is 4.77. The number of sulfonamides is 1. The highest BCUT2D eigenvalue weighted by Crippen LogP contribution is 2.33. The van der Waals surface area contributed by atoms with Gasteiger partial charge in [-0.3, -0.25) is 4.79 Å². The fourth-order valence-corrected chi connectivity index (χ4v) is 4.85. The van der Waals surface area contributed by atoms with Crippen LogP contribution in [0.4, 0.5) is 25.1 Å². The third-order valence-electron chi connectivity index (χ3n) is 5.90. The van der Waals surface area contributed by atoms with Gasteiger partial charge in [-0.2, -0.15) is 8.42 Å². The lowest BCUT2D eigenvalue weighted by atomic mass is 10.0. The largest absolute Gasteiger partial charge is 0.443 e. The fourth-order valence-electron chi connectivity index (χ4n) is 4.00. The second-order valence-electron chi connectivity index (χ2n) is 10.2. The van der Waals surface area contributed by atoms with E-state index in [2.05, 4.69) is 15.3 Å². The number of alkyl halides is 2. The summed E-state index contributed by atoms with van der Waals surface area (Å²) in [6.07, 6.45) is 0.821. The van der Waals surface area contributed by atoms with Crippen molar-refractivity contribution in [1.29, 1.82) is 0 Å². The Morgan fingerprint density at radius 1 is 1.00 bits per heavy atom. The maximum atomic E-state index is 13.8. The summed E-state index contributed by atoms with van der Waals surface area (Å²) in [7, 11) is -4.41. The van der Waals surface area contributed by atoms with Crippen molar-refractivity contribution in [2.24, 2.45) is 0 Å². The van der Waals surface area contributed by atoms with Crippen LogP contribution >= 0.6 is 0 Å². The second kappa shape index (κ2) is 11.2. The smallest absolute Gasteiger partial charge is 0.421 e. The van der Waals surface area contributed by atoms with Crippen LogP contribution < -0.4 is 14.9 Å². The quantitative estimate of drug-likeness (QED) is 0.428. The summed E-state index contributed by atoms with van der Waals surface area (Å²) in [5.74, 6) is -3.18. The van der Waals surface area contributed by atoms with E-state index in [1.165, 1.54) is 6.07 Å². The van der Waals surface area contributed by atoms with Gasteiger partial charge in [0.05, 0.1) is 5.56 Å². The van der Waals surface area contributed by atoms with Gasteiger partial charge >= 0.3 is 6.09 Å². The van der Waals surface area contributed by atoms with Gasteiger partial charge in [0, 0.05) is 55.6 Å². The Labute approximate surface area is 230 Å². The van der Waals surface area contributed by atoms with E-state index in [1.54, 1.807) is 42.7 Å². The number of nitrogens with one attached hydrogen (secondary N) is 2. The van der Waals surface area contributed by atoms with E-state index in [9.17, 15) is 26.8 Å². The lowest BCUT2D eigenvalue weighted by Gasteiger charge is -2.33. The van der Waals surface area contributed by atoms with Crippen LogP contribution in [0.5, 0.6) is 0 Å². The van der Waals surface area contributed by atoms with E-state index in [0.29, 0.717) is 5.56 Å². The first-order chi connectivity index (χ1) is 18.7. The van der Waals surface area contributed by atoms with Gasteiger partial charge in [0.15, 0.2) is 5.03 Å². The molecule has 2 amide bonds. The number of carbonyl (C=O) groups is 2. The Hall–Kier alpha value is -4.13. The number of aromatic nitrogens is 2. The molecule has 0 aliphatic carbocycles. The predicted molar refractivity (Wildman–Crippen MR) is 145 cm³/mol. The molecule has 1 saturated heterocycles. The normalized spacial score (nSPS) is 15.3. The van der Waals surface area contributed by atoms with Crippen LogP contribution in [0.2, 0.25) is 0 Å². The molecule has 40 heavy (non-hydrogen) atoms. The molecule has 0 spiro atoms. The molecule has 1 aliphatic rings. The Kier molecular flexibility index (Phi) is 8.05. The molecular weight excluding hydrogens is 544 g/mol. The number of hydrogen-bond donors (Lipinski definition) is 2. The SMILES string of the molecule is CC(C)(C)OC(=O)NS(=O)(=O)c1cc(NC(=O)c2cc(-c3ccccc3)cnc2N2CCC(F)(F)CC2)ccn1. The van der Waals surface area contributed by atoms with Crippen LogP contribution in [-0.2, 0) is 14.8 Å². The first kappa shape index (κ1) is 28.9. The fraction of sp³-hybridized carbons (Fsp3) is 0.333. The zero-order valence-electron chi connectivity index (χ0n) is 22.1. The minimum atomic E-state index is -4.41. The van der Waals surface area contributed by atoms with E-state index in [1.807, 2.05) is 30.3 Å². The number of piperidine rings is 1. The maximum absolute atomic E-state index is 13.8. The first-order valence-corrected chi connectivity index (χ1v) is 13.9. The van der Waals surface area contributed by atoms with Gasteiger partial charge in [-0.1, -0.05) is 30.3 Å². The molecule has 1 aliphatic heterocycles. The van der Waals surface area contributed by atoms with Crippen molar-refractivity contribution in [2.75, 3.05) is 23.3 Å². The summed E-state index contributed by atoms with van der Waals surface area (Å²) in [4.78, 5) is 35.4. The number of amides is 2. The molecular formula is C27H29F2N5O5S. The molecule has 13 heteroatoms. The van der Waals surface area contributed by atoms with Crippen LogP contribution in [0.25, 0.3) is 11.1 Å². The van der Waals surface area contributed by atoms with Crippen molar-refractivity contribution >= 4 is 33.5 Å². The minimum absolute atomic E-state index is 0.0128. The van der Waals surface area contributed by atoms with Gasteiger partial charge in [0.2, 0.25) is 0 Å². The zero-order valence-corrected chi connectivity index (χ0v) is 23.0. The Morgan fingerprint density at radius 2 is 1.68 bits per heavy atom. The van der Waals surface area contributed by atoms with E-state index in [0.717, 1.165) is 17.8 Å². The van der Waals surface area contributed by atoms with Gasteiger partial charge < -0.3 is 15.0 Å². The molecule has 0 unspecified atom stereocenters. The Bertz CT molecular complexity index is 1500. The van der Waals surface area contributed by atoms with Crippen LogP contribution in [0.1, 0.15) is 44.0 Å². The number of nitrogens with zero attached hydrogens (tertiary/aromatic N) is 3. The lowest BCUT2D eigenvalue weighted by molar-refractivity contribution is -0.0221. The van der Waals surface area contributed by atoms with E-state index in [4.69, 9.17) is 4.74 Å². The van der Waals surface area contributed by atoms with Crippen LogP contribution in [0.15, 0.2) is 66.0 Å². The number of halogens is 2. The number of rotatable bonds is 6. The van der Waals surface area contributed by atoms with Crippen LogP contribution in [-0.4, -0.2) is 55.0 Å². The number of ether oxygens (including phenoxy) is 1. The van der Waals surface area contributed by atoms with E-state index >= 15 is 0 Å². The van der Waals surface area contributed by atoms with Crippen LogP contribution in [0, 0.1) is 0 Å². The standard InChI is InChI=1S/C27H29F2N5O5S/c1-26(2,3)39-25(36)33-40(37,38)22-16-20(9-12-30-22)32-24(35)21-15-19(18-7-5-4-6-8-18)17-31-23(21)34-13-10-27(28,29)11-14-34/h4-9,12,15-17H,10-11,13-14H2,1-3H3,(H,33,36)(H,30,32,35). The first-order valence-electron chi connectivity index (χ1n) is 12.4. The molecule has 1 fully saturated rings. The molecule has 3 aromatic rings.